The Morgan fingerprint density at radius 3 is 2.90 bits per heavy atom. The predicted molar refractivity (Wildman–Crippen MR) is 84.2 cm³/mol. The number of ether oxygens (including phenoxy) is 1. The minimum Gasteiger partial charge on any atom is -0.494 e. The van der Waals surface area contributed by atoms with Gasteiger partial charge in [-0.3, -0.25) is 4.90 Å². The molecule has 0 spiro atoms. The Labute approximate surface area is 123 Å². The van der Waals surface area contributed by atoms with Crippen LogP contribution < -0.4 is 10.1 Å². The Bertz CT molecular complexity index is 408. The van der Waals surface area contributed by atoms with E-state index in [1.54, 1.807) is 0 Å². The van der Waals surface area contributed by atoms with E-state index in [1.165, 1.54) is 18.5 Å². The maximum absolute atomic E-state index is 5.79. The molecule has 3 heteroatoms. The minimum absolute atomic E-state index is 0.526. The summed E-state index contributed by atoms with van der Waals surface area (Å²) in [4.78, 5) is 2.58. The number of nitrogens with zero attached hydrogens (tertiary/aromatic N) is 1. The largest absolute Gasteiger partial charge is 0.494 e. The van der Waals surface area contributed by atoms with Gasteiger partial charge in [0, 0.05) is 6.04 Å². The molecule has 1 aliphatic rings. The van der Waals surface area contributed by atoms with Crippen molar-refractivity contribution in [3.63, 3.8) is 0 Å². The van der Waals surface area contributed by atoms with E-state index in [-0.39, 0.29) is 0 Å². The van der Waals surface area contributed by atoms with Crippen LogP contribution in [0.15, 0.2) is 24.3 Å². The number of nitrogens with one attached hydrogen (secondary N) is 1. The molecule has 0 amide bonds. The molecule has 0 aliphatic carbocycles. The van der Waals surface area contributed by atoms with Crippen LogP contribution in [0.3, 0.4) is 0 Å². The molecule has 2 atom stereocenters. The second-order valence-corrected chi connectivity index (χ2v) is 5.60. The van der Waals surface area contributed by atoms with E-state index in [0.717, 1.165) is 31.9 Å². The highest BCUT2D eigenvalue weighted by Gasteiger charge is 2.33. The molecular formula is C17H28N2O. The molecule has 0 aromatic heterocycles. The molecule has 2 unspecified atom stereocenters. The first-order chi connectivity index (χ1) is 9.80. The summed E-state index contributed by atoms with van der Waals surface area (Å²) in [5, 5.41) is 3.35. The maximum Gasteiger partial charge on any atom is 0.119 e. The predicted octanol–water partition coefficient (Wildman–Crippen LogP) is 3.08. The van der Waals surface area contributed by atoms with Crippen LogP contribution in [0.4, 0.5) is 0 Å². The molecule has 1 aromatic carbocycles. The lowest BCUT2D eigenvalue weighted by atomic mass is 9.93. The van der Waals surface area contributed by atoms with E-state index in [1.807, 2.05) is 7.05 Å². The van der Waals surface area contributed by atoms with Gasteiger partial charge in [-0.05, 0) is 63.1 Å². The molecule has 20 heavy (non-hydrogen) atoms. The second-order valence-electron chi connectivity index (χ2n) is 5.60. The molecular weight excluding hydrogens is 248 g/mol. The zero-order valence-corrected chi connectivity index (χ0v) is 13.1. The van der Waals surface area contributed by atoms with Gasteiger partial charge in [0.25, 0.3) is 0 Å². The number of hydrogen-bond donors (Lipinski definition) is 1. The van der Waals surface area contributed by atoms with Gasteiger partial charge in [0.2, 0.25) is 0 Å². The van der Waals surface area contributed by atoms with E-state index >= 15 is 0 Å². The second kappa shape index (κ2) is 7.65. The van der Waals surface area contributed by atoms with E-state index in [0.29, 0.717) is 12.0 Å². The molecule has 1 aliphatic heterocycles. The van der Waals surface area contributed by atoms with Crippen molar-refractivity contribution in [3.05, 3.63) is 29.8 Å². The van der Waals surface area contributed by atoms with Gasteiger partial charge in [-0.1, -0.05) is 26.0 Å². The normalized spacial score (nSPS) is 23.1. The number of hydrogen-bond acceptors (Lipinski definition) is 3. The van der Waals surface area contributed by atoms with Gasteiger partial charge in [-0.15, -0.1) is 0 Å². The molecule has 0 bridgehead atoms. The lowest BCUT2D eigenvalue weighted by molar-refractivity contribution is 0.237. The minimum atomic E-state index is 0.526. The molecule has 1 saturated heterocycles. The van der Waals surface area contributed by atoms with Crippen molar-refractivity contribution in [2.24, 2.45) is 5.92 Å². The van der Waals surface area contributed by atoms with Gasteiger partial charge in [0.05, 0.1) is 6.61 Å². The highest BCUT2D eigenvalue weighted by Crippen LogP contribution is 2.37. The van der Waals surface area contributed by atoms with Crippen molar-refractivity contribution >= 4 is 0 Å². The Hall–Kier alpha value is -1.06. The summed E-state index contributed by atoms with van der Waals surface area (Å²) in [6.07, 6.45) is 2.33. The fourth-order valence-electron chi connectivity index (χ4n) is 3.25. The standard InChI is InChI=1S/C17H28N2O/c1-4-11-20-16-8-6-7-14(12-16)17-15(13-18-3)9-10-19(17)5-2/h6-8,12,15,17-18H,4-5,9-11,13H2,1-3H3. The van der Waals surface area contributed by atoms with Gasteiger partial charge in [-0.2, -0.15) is 0 Å². The molecule has 1 aromatic rings. The van der Waals surface area contributed by atoms with Crippen molar-refractivity contribution in [1.82, 2.24) is 10.2 Å². The van der Waals surface area contributed by atoms with Crippen LogP contribution in [0.5, 0.6) is 5.75 Å². The van der Waals surface area contributed by atoms with Crippen molar-refractivity contribution in [2.75, 3.05) is 33.3 Å². The zero-order valence-electron chi connectivity index (χ0n) is 13.1. The molecule has 112 valence electrons. The molecule has 1 heterocycles. The van der Waals surface area contributed by atoms with Crippen LogP contribution in [0.25, 0.3) is 0 Å². The van der Waals surface area contributed by atoms with Crippen LogP contribution in [0.2, 0.25) is 0 Å². The van der Waals surface area contributed by atoms with Crippen LogP contribution >= 0.6 is 0 Å². The summed E-state index contributed by atoms with van der Waals surface area (Å²) in [6.45, 7) is 8.60. The quantitative estimate of drug-likeness (QED) is 0.828. The average molecular weight is 276 g/mol. The summed E-state index contributed by atoms with van der Waals surface area (Å²) >= 11 is 0. The molecule has 3 nitrogen and oxygen atoms in total. The van der Waals surface area contributed by atoms with Gasteiger partial charge in [-0.25, -0.2) is 0 Å². The van der Waals surface area contributed by atoms with Crippen molar-refractivity contribution in [2.45, 2.75) is 32.7 Å². The first kappa shape index (κ1) is 15.3. The monoisotopic (exact) mass is 276 g/mol. The molecule has 1 fully saturated rings. The topological polar surface area (TPSA) is 24.5 Å². The van der Waals surface area contributed by atoms with Crippen LogP contribution in [0, 0.1) is 5.92 Å². The van der Waals surface area contributed by atoms with E-state index in [4.69, 9.17) is 4.74 Å². The molecule has 1 N–H and O–H groups in total. The summed E-state index contributed by atoms with van der Waals surface area (Å²) in [5.74, 6) is 1.71. The third kappa shape index (κ3) is 3.53. The summed E-state index contributed by atoms with van der Waals surface area (Å²) in [5.41, 5.74) is 1.40. The fraction of sp³-hybridized carbons (Fsp3) is 0.647. The highest BCUT2D eigenvalue weighted by atomic mass is 16.5. The molecule has 0 radical (unpaired) electrons. The van der Waals surface area contributed by atoms with Crippen molar-refractivity contribution in [3.8, 4) is 5.75 Å². The van der Waals surface area contributed by atoms with Crippen LogP contribution in [0.1, 0.15) is 38.3 Å². The Morgan fingerprint density at radius 1 is 1.35 bits per heavy atom. The smallest absolute Gasteiger partial charge is 0.119 e. The van der Waals surface area contributed by atoms with Crippen LogP contribution in [-0.2, 0) is 0 Å². The Balaban J connectivity index is 2.17. The average Bonchev–Trinajstić information content (AvgIpc) is 2.88. The maximum atomic E-state index is 5.79. The molecule has 0 saturated carbocycles. The lowest BCUT2D eigenvalue weighted by Crippen LogP contribution is -2.29. The summed E-state index contributed by atoms with van der Waals surface area (Å²) < 4.78 is 5.79. The first-order valence-corrected chi connectivity index (χ1v) is 7.91. The van der Waals surface area contributed by atoms with Crippen molar-refractivity contribution < 1.29 is 4.74 Å². The zero-order chi connectivity index (χ0) is 14.4. The third-order valence-corrected chi connectivity index (χ3v) is 4.17. The van der Waals surface area contributed by atoms with Gasteiger partial charge in [0.1, 0.15) is 5.75 Å². The first-order valence-electron chi connectivity index (χ1n) is 7.91. The van der Waals surface area contributed by atoms with E-state index < -0.39 is 0 Å². The summed E-state index contributed by atoms with van der Waals surface area (Å²) in [7, 11) is 2.05. The number of likely N-dealkylation sites (tertiary alicyclic amines) is 1. The third-order valence-electron chi connectivity index (χ3n) is 4.17. The van der Waals surface area contributed by atoms with Crippen molar-refractivity contribution in [1.29, 1.82) is 0 Å². The summed E-state index contributed by atoms with van der Waals surface area (Å²) in [6, 6.07) is 9.20. The number of rotatable bonds is 7. The Morgan fingerprint density at radius 2 is 2.20 bits per heavy atom. The van der Waals surface area contributed by atoms with Gasteiger partial charge < -0.3 is 10.1 Å². The van der Waals surface area contributed by atoms with Gasteiger partial charge >= 0.3 is 0 Å². The SMILES string of the molecule is CCCOc1cccc(C2C(CNC)CCN2CC)c1. The van der Waals surface area contributed by atoms with E-state index in [2.05, 4.69) is 48.3 Å². The van der Waals surface area contributed by atoms with Crippen LogP contribution in [-0.4, -0.2) is 38.2 Å². The number of benzene rings is 1. The molecule has 2 rings (SSSR count). The van der Waals surface area contributed by atoms with Gasteiger partial charge in [0.15, 0.2) is 0 Å². The Kier molecular flexibility index (Phi) is 5.86. The fourth-order valence-corrected chi connectivity index (χ4v) is 3.25. The lowest BCUT2D eigenvalue weighted by Gasteiger charge is -2.28. The highest BCUT2D eigenvalue weighted by molar-refractivity contribution is 5.31. The van der Waals surface area contributed by atoms with E-state index in [9.17, 15) is 0 Å².